The molecule has 0 unspecified atom stereocenters. The molecule has 0 saturated carbocycles. The summed E-state index contributed by atoms with van der Waals surface area (Å²) in [7, 11) is 1.93. The molecule has 0 amide bonds. The van der Waals surface area contributed by atoms with Crippen LogP contribution < -0.4 is 0 Å². The highest BCUT2D eigenvalue weighted by atomic mass is 35.5. The maximum Gasteiger partial charge on any atom is 0.126 e. The molecule has 2 nitrogen and oxygen atoms in total. The van der Waals surface area contributed by atoms with Gasteiger partial charge in [-0.05, 0) is 6.92 Å². The Morgan fingerprint density at radius 1 is 1.78 bits per heavy atom. The lowest BCUT2D eigenvalue weighted by molar-refractivity contribution is 0.792. The fourth-order valence-corrected chi connectivity index (χ4v) is 0.971. The van der Waals surface area contributed by atoms with Crippen molar-refractivity contribution >= 4 is 11.6 Å². The summed E-state index contributed by atoms with van der Waals surface area (Å²) in [4.78, 5) is 4.05. The molecule has 0 aromatic carbocycles. The van der Waals surface area contributed by atoms with Crippen molar-refractivity contribution < 1.29 is 0 Å². The summed E-state index contributed by atoms with van der Waals surface area (Å²) in [5.41, 5.74) is 0. The molecule has 0 bridgehead atoms. The highest BCUT2D eigenvalue weighted by Gasteiger charge is 2.03. The van der Waals surface area contributed by atoms with Crippen molar-refractivity contribution in [1.82, 2.24) is 9.55 Å². The van der Waals surface area contributed by atoms with Gasteiger partial charge in [0.05, 0.1) is 5.38 Å². The zero-order chi connectivity index (χ0) is 6.85. The molecule has 1 heterocycles. The van der Waals surface area contributed by atoms with E-state index in [4.69, 9.17) is 11.6 Å². The minimum atomic E-state index is 0.00463. The summed E-state index contributed by atoms with van der Waals surface area (Å²) < 4.78 is 1.91. The second-order valence-electron chi connectivity index (χ2n) is 2.01. The Kier molecular flexibility index (Phi) is 1.76. The Morgan fingerprint density at radius 3 is 2.67 bits per heavy atom. The van der Waals surface area contributed by atoms with Crippen LogP contribution in [0.1, 0.15) is 18.1 Å². The predicted molar refractivity (Wildman–Crippen MR) is 37.5 cm³/mol. The van der Waals surface area contributed by atoms with Gasteiger partial charge in [-0.2, -0.15) is 0 Å². The molecule has 3 heteroatoms. The molecule has 1 aromatic rings. The van der Waals surface area contributed by atoms with Crippen molar-refractivity contribution in [1.29, 1.82) is 0 Å². The molecule has 0 spiro atoms. The summed E-state index contributed by atoms with van der Waals surface area (Å²) in [6.07, 6.45) is 3.63. The van der Waals surface area contributed by atoms with E-state index in [2.05, 4.69) is 4.98 Å². The lowest BCUT2D eigenvalue weighted by Gasteiger charge is -2.00. The molecule has 1 rings (SSSR count). The average Bonchev–Trinajstić information content (AvgIpc) is 2.13. The first-order chi connectivity index (χ1) is 4.22. The van der Waals surface area contributed by atoms with Gasteiger partial charge >= 0.3 is 0 Å². The number of hydrogen-bond acceptors (Lipinski definition) is 1. The second kappa shape index (κ2) is 2.40. The van der Waals surface area contributed by atoms with Gasteiger partial charge in [-0.3, -0.25) is 0 Å². The minimum absolute atomic E-state index is 0.00463. The van der Waals surface area contributed by atoms with Crippen molar-refractivity contribution in [2.45, 2.75) is 12.3 Å². The van der Waals surface area contributed by atoms with Crippen LogP contribution >= 0.6 is 11.6 Å². The SMILES string of the molecule is C[C@H](Cl)c1nccn1C. The number of aromatic nitrogens is 2. The zero-order valence-corrected chi connectivity index (χ0v) is 6.26. The van der Waals surface area contributed by atoms with E-state index in [0.29, 0.717) is 0 Å². The van der Waals surface area contributed by atoms with E-state index in [1.165, 1.54) is 0 Å². The first-order valence-electron chi connectivity index (χ1n) is 2.83. The van der Waals surface area contributed by atoms with Crippen LogP contribution in [0.4, 0.5) is 0 Å². The van der Waals surface area contributed by atoms with Gasteiger partial charge in [0, 0.05) is 19.4 Å². The third-order valence-electron chi connectivity index (χ3n) is 1.21. The van der Waals surface area contributed by atoms with Crippen LogP contribution in [-0.4, -0.2) is 9.55 Å². The average molecular weight is 145 g/mol. The third-order valence-corrected chi connectivity index (χ3v) is 1.41. The number of rotatable bonds is 1. The highest BCUT2D eigenvalue weighted by Crippen LogP contribution is 2.15. The van der Waals surface area contributed by atoms with E-state index in [-0.39, 0.29) is 5.38 Å². The van der Waals surface area contributed by atoms with E-state index in [9.17, 15) is 0 Å². The molecular weight excluding hydrogens is 136 g/mol. The normalized spacial score (nSPS) is 13.7. The maximum atomic E-state index is 5.77. The molecule has 50 valence electrons. The van der Waals surface area contributed by atoms with Crippen LogP contribution in [-0.2, 0) is 7.05 Å². The van der Waals surface area contributed by atoms with Gasteiger partial charge in [0.15, 0.2) is 0 Å². The van der Waals surface area contributed by atoms with Crippen LogP contribution in [0.3, 0.4) is 0 Å². The maximum absolute atomic E-state index is 5.77. The molecule has 0 N–H and O–H groups in total. The van der Waals surface area contributed by atoms with Gasteiger partial charge in [-0.1, -0.05) is 0 Å². The predicted octanol–water partition coefficient (Wildman–Crippen LogP) is 1.72. The van der Waals surface area contributed by atoms with Crippen molar-refractivity contribution in [3.05, 3.63) is 18.2 Å². The molecule has 0 saturated heterocycles. The lowest BCUT2D eigenvalue weighted by atomic mass is 10.4. The summed E-state index contributed by atoms with van der Waals surface area (Å²) in [6, 6.07) is 0. The van der Waals surface area contributed by atoms with Crippen molar-refractivity contribution in [3.8, 4) is 0 Å². The minimum Gasteiger partial charge on any atom is -0.337 e. The molecule has 1 atom stereocenters. The van der Waals surface area contributed by atoms with Gasteiger partial charge in [0.1, 0.15) is 5.82 Å². The van der Waals surface area contributed by atoms with E-state index < -0.39 is 0 Å². The Bertz CT molecular complexity index is 193. The fourth-order valence-electron chi connectivity index (χ4n) is 0.760. The number of nitrogens with zero attached hydrogens (tertiary/aromatic N) is 2. The summed E-state index contributed by atoms with van der Waals surface area (Å²) in [6.45, 7) is 1.91. The number of alkyl halides is 1. The lowest BCUT2D eigenvalue weighted by Crippen LogP contribution is -1.96. The molecule has 0 aliphatic rings. The zero-order valence-electron chi connectivity index (χ0n) is 5.50. The molecule has 0 aliphatic carbocycles. The first-order valence-corrected chi connectivity index (χ1v) is 3.26. The summed E-state index contributed by atoms with van der Waals surface area (Å²) in [5.74, 6) is 0.914. The summed E-state index contributed by atoms with van der Waals surface area (Å²) in [5, 5.41) is 0.00463. The van der Waals surface area contributed by atoms with E-state index in [0.717, 1.165) is 5.82 Å². The molecule has 0 aliphatic heterocycles. The first kappa shape index (κ1) is 6.62. The van der Waals surface area contributed by atoms with Crippen molar-refractivity contribution in [3.63, 3.8) is 0 Å². The number of aryl methyl sites for hydroxylation is 1. The Labute approximate surface area is 59.5 Å². The van der Waals surface area contributed by atoms with Crippen molar-refractivity contribution in [2.24, 2.45) is 7.05 Å². The number of imidazole rings is 1. The van der Waals surface area contributed by atoms with Gasteiger partial charge < -0.3 is 4.57 Å². The van der Waals surface area contributed by atoms with E-state index in [1.54, 1.807) is 6.20 Å². The smallest absolute Gasteiger partial charge is 0.126 e. The molecule has 0 radical (unpaired) electrons. The van der Waals surface area contributed by atoms with Crippen LogP contribution in [0, 0.1) is 0 Å². The van der Waals surface area contributed by atoms with Crippen LogP contribution in [0.25, 0.3) is 0 Å². The van der Waals surface area contributed by atoms with Gasteiger partial charge in [0.2, 0.25) is 0 Å². The van der Waals surface area contributed by atoms with Gasteiger partial charge in [0.25, 0.3) is 0 Å². The second-order valence-corrected chi connectivity index (χ2v) is 2.67. The Morgan fingerprint density at radius 2 is 2.44 bits per heavy atom. The monoisotopic (exact) mass is 144 g/mol. The van der Waals surface area contributed by atoms with Crippen LogP contribution in [0.15, 0.2) is 12.4 Å². The van der Waals surface area contributed by atoms with Crippen LogP contribution in [0.5, 0.6) is 0 Å². The van der Waals surface area contributed by atoms with Crippen LogP contribution in [0.2, 0.25) is 0 Å². The fraction of sp³-hybridized carbons (Fsp3) is 0.500. The van der Waals surface area contributed by atoms with Gasteiger partial charge in [-0.25, -0.2) is 4.98 Å². The molecular formula is C6H9ClN2. The van der Waals surface area contributed by atoms with Gasteiger partial charge in [-0.15, -0.1) is 11.6 Å². The van der Waals surface area contributed by atoms with E-state index >= 15 is 0 Å². The highest BCUT2D eigenvalue weighted by molar-refractivity contribution is 6.20. The number of hydrogen-bond donors (Lipinski definition) is 0. The standard InChI is InChI=1S/C6H9ClN2/c1-5(7)6-8-3-4-9(6)2/h3-5H,1-2H3/t5-/m0/s1. The summed E-state index contributed by atoms with van der Waals surface area (Å²) >= 11 is 5.77. The van der Waals surface area contributed by atoms with Crippen molar-refractivity contribution in [2.75, 3.05) is 0 Å². The quantitative estimate of drug-likeness (QED) is 0.549. The Hall–Kier alpha value is -0.500. The largest absolute Gasteiger partial charge is 0.337 e. The van der Waals surface area contributed by atoms with E-state index in [1.807, 2.05) is 24.7 Å². The molecule has 1 aromatic heterocycles. The third kappa shape index (κ3) is 1.24. The molecule has 9 heavy (non-hydrogen) atoms. The Balaban J connectivity index is 2.94. The number of halogens is 1. The molecule has 0 fully saturated rings. The topological polar surface area (TPSA) is 17.8 Å².